The van der Waals surface area contributed by atoms with E-state index in [2.05, 4.69) is 0 Å². The third-order valence-electron chi connectivity index (χ3n) is 1.67. The second-order valence-electron chi connectivity index (χ2n) is 3.72. The second-order valence-corrected chi connectivity index (χ2v) is 10.2. The Bertz CT molecular complexity index is 238. The minimum absolute atomic E-state index is 0.579. The van der Waals surface area contributed by atoms with Gasteiger partial charge in [-0.25, -0.2) is 0 Å². The average molecular weight is 278 g/mol. The summed E-state index contributed by atoms with van der Waals surface area (Å²) in [5.41, 5.74) is 0. The summed E-state index contributed by atoms with van der Waals surface area (Å²) in [6, 6.07) is 0. The first-order valence-corrected chi connectivity index (χ1v) is 7.93. The van der Waals surface area contributed by atoms with Crippen molar-refractivity contribution in [2.24, 2.45) is 0 Å². The van der Waals surface area contributed by atoms with Crippen LogP contribution in [-0.2, 0) is 0 Å². The van der Waals surface area contributed by atoms with E-state index in [4.69, 9.17) is 0 Å². The Balaban J connectivity index is 5.23. The topological polar surface area (TPSA) is 6.48 Å². The zero-order valence-electron chi connectivity index (χ0n) is 8.76. The summed E-state index contributed by atoms with van der Waals surface area (Å²) in [6.45, 7) is 0. The van der Waals surface area contributed by atoms with Gasteiger partial charge in [0.05, 0.1) is 0 Å². The Hall–Kier alpha value is 0.360. The van der Waals surface area contributed by atoms with Crippen LogP contribution in [0.1, 0.15) is 0 Å². The molecule has 0 heterocycles. The molecule has 0 rings (SSSR count). The van der Waals surface area contributed by atoms with E-state index in [0.29, 0.717) is 9.34 Å². The van der Waals surface area contributed by atoms with Crippen molar-refractivity contribution in [1.82, 2.24) is 9.34 Å². The van der Waals surface area contributed by atoms with E-state index in [0.717, 1.165) is 28.2 Å². The third kappa shape index (κ3) is 5.29. The van der Waals surface area contributed by atoms with Crippen molar-refractivity contribution >= 4 is 15.4 Å². The van der Waals surface area contributed by atoms with Crippen molar-refractivity contribution in [3.8, 4) is 0 Å². The van der Waals surface area contributed by atoms with Crippen molar-refractivity contribution in [2.75, 3.05) is 34.1 Å². The molecule has 0 N–H and O–H groups in total. The Labute approximate surface area is 84.9 Å². The van der Waals surface area contributed by atoms with E-state index in [9.17, 15) is 25.2 Å². The maximum absolute atomic E-state index is 13.8. The molecule has 2 nitrogen and oxygen atoms in total. The van der Waals surface area contributed by atoms with Crippen molar-refractivity contribution in [3.05, 3.63) is 0 Å². The molecule has 10 heteroatoms. The van der Waals surface area contributed by atoms with Crippen LogP contribution < -0.4 is 0 Å². The molecule has 15 heavy (non-hydrogen) atoms. The van der Waals surface area contributed by atoms with E-state index in [-0.39, 0.29) is 0 Å². The molecule has 0 saturated carbocycles. The van der Waals surface area contributed by atoms with E-state index >= 15 is 0 Å². The number of hydrogen-bond donors (Lipinski definition) is 0. The van der Waals surface area contributed by atoms with Gasteiger partial charge < -0.3 is 0 Å². The Kier molecular flexibility index (Phi) is 3.26. The molecule has 0 aliphatic rings. The monoisotopic (exact) mass is 278 g/mol. The van der Waals surface area contributed by atoms with Crippen LogP contribution in [0, 0.1) is 0 Å². The Morgan fingerprint density at radius 2 is 1.13 bits per heavy atom. The number of hydrogen-bond acceptors (Lipinski definition) is 2. The fourth-order valence-corrected chi connectivity index (χ4v) is 6.41. The van der Waals surface area contributed by atoms with Gasteiger partial charge in [0.15, 0.2) is 0 Å². The van der Waals surface area contributed by atoms with Crippen LogP contribution in [0.4, 0.5) is 25.2 Å². The van der Waals surface area contributed by atoms with Crippen LogP contribution in [0.15, 0.2) is 0 Å². The molecule has 0 fully saturated rings. The van der Waals surface area contributed by atoms with Crippen LogP contribution >= 0.6 is 15.4 Å². The summed E-state index contributed by atoms with van der Waals surface area (Å²) in [4.78, 5) is 0. The summed E-state index contributed by atoms with van der Waals surface area (Å²) >= 11 is 0. The average Bonchev–Trinajstić information content (AvgIpc) is 1.78. The molecule has 0 saturated heterocycles. The normalized spacial score (nSPS) is 19.2. The fraction of sp³-hybridized carbons (Fsp3) is 1.00. The predicted octanol–water partition coefficient (Wildman–Crippen LogP) is 4.31. The van der Waals surface area contributed by atoms with Crippen molar-refractivity contribution < 1.29 is 25.2 Å². The number of nitrogens with zero attached hydrogens (tertiary/aromatic N) is 2. The molecule has 0 spiro atoms. The predicted molar refractivity (Wildman–Crippen MR) is 52.7 cm³/mol. The van der Waals surface area contributed by atoms with Gasteiger partial charge in [0, 0.05) is 0 Å². The first-order valence-electron chi connectivity index (χ1n) is 3.84. The van der Waals surface area contributed by atoms with Crippen LogP contribution in [0.3, 0.4) is 0 Å². The molecular weight excluding hydrogens is 264 g/mol. The number of rotatable bonds is 4. The Morgan fingerprint density at radius 3 is 1.20 bits per heavy atom. The molecular formula is C5H14F6N2P2. The molecule has 0 atom stereocenters. The third-order valence-corrected chi connectivity index (χ3v) is 7.70. The molecule has 0 aliphatic heterocycles. The SMILES string of the molecule is CN(C)[P+](F)(C[P-](F)(F)(F)(F)F)N(C)C. The van der Waals surface area contributed by atoms with Crippen molar-refractivity contribution in [3.63, 3.8) is 0 Å². The van der Waals surface area contributed by atoms with Crippen LogP contribution in [0.2, 0.25) is 0 Å². The van der Waals surface area contributed by atoms with Gasteiger partial charge in [-0.05, 0) is 0 Å². The first-order chi connectivity index (χ1) is 6.07. The molecule has 0 bridgehead atoms. The molecule has 0 unspecified atom stereocenters. The second kappa shape index (κ2) is 3.19. The molecule has 0 aliphatic carbocycles. The summed E-state index contributed by atoms with van der Waals surface area (Å²) < 4.78 is 75.9. The number of halogens is 6. The van der Waals surface area contributed by atoms with Crippen molar-refractivity contribution in [2.45, 2.75) is 0 Å². The summed E-state index contributed by atoms with van der Waals surface area (Å²) in [5.74, 6) is -2.66. The molecule has 0 aromatic heterocycles. The van der Waals surface area contributed by atoms with Gasteiger partial charge in [0.1, 0.15) is 0 Å². The molecule has 96 valence electrons. The molecule has 0 aromatic carbocycles. The van der Waals surface area contributed by atoms with Gasteiger partial charge in [-0.2, -0.15) is 0 Å². The van der Waals surface area contributed by atoms with E-state index < -0.39 is 21.3 Å². The molecule has 0 amide bonds. The Morgan fingerprint density at radius 1 is 0.867 bits per heavy atom. The van der Waals surface area contributed by atoms with Crippen LogP contribution in [0.5, 0.6) is 0 Å². The van der Waals surface area contributed by atoms with Crippen LogP contribution in [-0.4, -0.2) is 43.4 Å². The van der Waals surface area contributed by atoms with Crippen molar-refractivity contribution in [1.29, 1.82) is 0 Å². The van der Waals surface area contributed by atoms with Gasteiger partial charge in [-0.1, -0.05) is 0 Å². The van der Waals surface area contributed by atoms with Gasteiger partial charge in [-0.15, -0.1) is 0 Å². The standard InChI is InChI=1S/C5H14F6N2P2/c1-12(2)14(6,13(3)4)5-15(7,8,9,10)11/h5H2,1-4H3. The van der Waals surface area contributed by atoms with E-state index in [1.54, 1.807) is 0 Å². The van der Waals surface area contributed by atoms with Gasteiger partial charge in [0.2, 0.25) is 0 Å². The summed E-state index contributed by atoms with van der Waals surface area (Å²) in [7, 11) is -10.4. The van der Waals surface area contributed by atoms with E-state index in [1.807, 2.05) is 0 Å². The molecule has 0 radical (unpaired) electrons. The summed E-state index contributed by atoms with van der Waals surface area (Å²) in [6.07, 6.45) is 0. The van der Waals surface area contributed by atoms with E-state index in [1.165, 1.54) is 0 Å². The van der Waals surface area contributed by atoms with Gasteiger partial charge in [0.25, 0.3) is 0 Å². The first kappa shape index (κ1) is 15.4. The maximum atomic E-state index is 13.8. The summed E-state index contributed by atoms with van der Waals surface area (Å²) in [5, 5.41) is 0. The molecule has 0 aromatic rings. The van der Waals surface area contributed by atoms with Crippen LogP contribution in [0.25, 0.3) is 0 Å². The zero-order chi connectivity index (χ0) is 12.8. The van der Waals surface area contributed by atoms with Gasteiger partial charge >= 0.3 is 84.0 Å². The fourth-order valence-electron chi connectivity index (χ4n) is 0.951. The van der Waals surface area contributed by atoms with Gasteiger partial charge in [-0.3, -0.25) is 0 Å². The quantitative estimate of drug-likeness (QED) is 0.558. The minimum atomic E-state index is -9.95. The zero-order valence-corrected chi connectivity index (χ0v) is 10.6.